The summed E-state index contributed by atoms with van der Waals surface area (Å²) in [5.41, 5.74) is 2.60. The van der Waals surface area contributed by atoms with Crippen LogP contribution >= 0.6 is 0 Å². The van der Waals surface area contributed by atoms with Gasteiger partial charge in [-0.2, -0.15) is 4.31 Å². The summed E-state index contributed by atoms with van der Waals surface area (Å²) in [6.07, 6.45) is 7.10. The Balaban J connectivity index is 1.19. The van der Waals surface area contributed by atoms with Crippen molar-refractivity contribution in [3.8, 4) is 11.4 Å². The van der Waals surface area contributed by atoms with Crippen molar-refractivity contribution in [3.63, 3.8) is 0 Å². The van der Waals surface area contributed by atoms with Crippen molar-refractivity contribution < 1.29 is 13.2 Å². The van der Waals surface area contributed by atoms with E-state index in [1.165, 1.54) is 6.42 Å². The lowest BCUT2D eigenvalue weighted by atomic mass is 10.1. The number of nitrogens with one attached hydrogen (secondary N) is 1. The van der Waals surface area contributed by atoms with Gasteiger partial charge in [-0.25, -0.2) is 8.42 Å². The lowest BCUT2D eigenvalue weighted by molar-refractivity contribution is -0.116. The molecule has 0 aliphatic carbocycles. The Labute approximate surface area is 206 Å². The van der Waals surface area contributed by atoms with E-state index in [2.05, 4.69) is 20.1 Å². The van der Waals surface area contributed by atoms with Gasteiger partial charge in [0, 0.05) is 43.7 Å². The summed E-state index contributed by atoms with van der Waals surface area (Å²) >= 11 is 0. The van der Waals surface area contributed by atoms with Crippen LogP contribution in [0.25, 0.3) is 11.4 Å². The molecule has 3 heterocycles. The number of hydrogen-bond donors (Lipinski definition) is 1. The minimum absolute atomic E-state index is 0.0870. The molecular weight excluding hydrogens is 462 g/mol. The molecule has 2 aliphatic rings. The van der Waals surface area contributed by atoms with Gasteiger partial charge in [0.25, 0.3) is 0 Å². The maximum absolute atomic E-state index is 12.7. The summed E-state index contributed by atoms with van der Waals surface area (Å²) in [6.45, 7) is 2.10. The summed E-state index contributed by atoms with van der Waals surface area (Å²) < 4.78 is 29.1. The molecule has 5 rings (SSSR count). The molecule has 0 radical (unpaired) electrons. The van der Waals surface area contributed by atoms with Crippen LogP contribution in [0.3, 0.4) is 0 Å². The van der Waals surface area contributed by atoms with E-state index < -0.39 is 10.0 Å². The quantitative estimate of drug-likeness (QED) is 0.536. The van der Waals surface area contributed by atoms with Crippen molar-refractivity contribution in [1.29, 1.82) is 0 Å². The number of fused-ring (bicyclic) bond motifs is 1. The van der Waals surface area contributed by atoms with Gasteiger partial charge in [-0.1, -0.05) is 30.7 Å². The number of carbonyl (C=O) groups excluding carboxylic acids is 1. The lowest BCUT2D eigenvalue weighted by Crippen LogP contribution is -2.27. The predicted molar refractivity (Wildman–Crippen MR) is 134 cm³/mol. The van der Waals surface area contributed by atoms with E-state index in [0.29, 0.717) is 30.8 Å². The Morgan fingerprint density at radius 2 is 1.69 bits per heavy atom. The first kappa shape index (κ1) is 23.7. The normalized spacial score (nSPS) is 16.6. The molecule has 0 spiro atoms. The van der Waals surface area contributed by atoms with E-state index >= 15 is 0 Å². The van der Waals surface area contributed by atoms with Crippen LogP contribution in [0.2, 0.25) is 0 Å². The second-order valence-corrected chi connectivity index (χ2v) is 11.2. The highest BCUT2D eigenvalue weighted by Crippen LogP contribution is 2.25. The highest BCUT2D eigenvalue weighted by molar-refractivity contribution is 7.89. The Kier molecular flexibility index (Phi) is 6.97. The third-order valence-electron chi connectivity index (χ3n) is 6.78. The Morgan fingerprint density at radius 1 is 0.914 bits per heavy atom. The predicted octanol–water partition coefficient (Wildman–Crippen LogP) is 4.03. The zero-order valence-corrected chi connectivity index (χ0v) is 20.6. The molecule has 35 heavy (non-hydrogen) atoms. The van der Waals surface area contributed by atoms with Crippen molar-refractivity contribution >= 4 is 21.6 Å². The Hall–Kier alpha value is -3.04. The molecule has 1 N–H and O–H groups in total. The number of aryl methyl sites for hydroxylation is 2. The number of hydrogen-bond acceptors (Lipinski definition) is 5. The van der Waals surface area contributed by atoms with Gasteiger partial charge in [-0.05, 0) is 61.9 Å². The van der Waals surface area contributed by atoms with E-state index in [0.717, 1.165) is 67.1 Å². The highest BCUT2D eigenvalue weighted by Gasteiger charge is 2.26. The van der Waals surface area contributed by atoms with E-state index in [4.69, 9.17) is 0 Å². The smallest absolute Gasteiger partial charge is 0.243 e. The maximum Gasteiger partial charge on any atom is 0.243 e. The van der Waals surface area contributed by atoms with E-state index in [1.54, 1.807) is 28.6 Å². The number of benzene rings is 2. The van der Waals surface area contributed by atoms with Gasteiger partial charge in [0.05, 0.1) is 4.90 Å². The maximum atomic E-state index is 12.7. The summed E-state index contributed by atoms with van der Waals surface area (Å²) in [5.74, 6) is 1.80. The molecule has 2 aromatic carbocycles. The summed E-state index contributed by atoms with van der Waals surface area (Å²) in [7, 11) is -3.42. The van der Waals surface area contributed by atoms with Gasteiger partial charge in [0.1, 0.15) is 5.82 Å². The van der Waals surface area contributed by atoms with Crippen molar-refractivity contribution in [1.82, 2.24) is 19.1 Å². The lowest BCUT2D eigenvalue weighted by Gasteiger charge is -2.15. The monoisotopic (exact) mass is 493 g/mol. The molecule has 1 fully saturated rings. The Bertz CT molecular complexity index is 1290. The van der Waals surface area contributed by atoms with Gasteiger partial charge < -0.3 is 9.88 Å². The number of carbonyl (C=O) groups is 1. The van der Waals surface area contributed by atoms with Crippen molar-refractivity contribution in [3.05, 3.63) is 59.9 Å². The molecule has 3 aromatic rings. The number of nitrogens with zero attached hydrogens (tertiary/aromatic N) is 4. The van der Waals surface area contributed by atoms with Crippen LogP contribution in [-0.2, 0) is 34.2 Å². The van der Waals surface area contributed by atoms with Crippen LogP contribution in [0.15, 0.2) is 53.4 Å². The van der Waals surface area contributed by atoms with Crippen molar-refractivity contribution in [2.45, 2.75) is 62.8 Å². The first-order chi connectivity index (χ1) is 17.0. The van der Waals surface area contributed by atoms with Crippen LogP contribution in [0.1, 0.15) is 49.9 Å². The second-order valence-electron chi connectivity index (χ2n) is 9.29. The number of sulfonamides is 1. The summed E-state index contributed by atoms with van der Waals surface area (Å²) in [6, 6.07) is 14.6. The Morgan fingerprint density at radius 3 is 2.49 bits per heavy atom. The molecule has 2 aliphatic heterocycles. The van der Waals surface area contributed by atoms with Gasteiger partial charge >= 0.3 is 0 Å². The van der Waals surface area contributed by atoms with E-state index in [9.17, 15) is 13.2 Å². The molecule has 1 saturated heterocycles. The van der Waals surface area contributed by atoms with Crippen LogP contribution in [0.4, 0.5) is 5.69 Å². The van der Waals surface area contributed by atoms with Crippen LogP contribution in [0, 0.1) is 0 Å². The van der Waals surface area contributed by atoms with Gasteiger partial charge in [-0.15, -0.1) is 10.2 Å². The van der Waals surface area contributed by atoms with Gasteiger partial charge in [0.15, 0.2) is 5.82 Å². The third-order valence-corrected chi connectivity index (χ3v) is 8.69. The van der Waals surface area contributed by atoms with Crippen molar-refractivity contribution in [2.24, 2.45) is 0 Å². The van der Waals surface area contributed by atoms with Crippen LogP contribution in [0.5, 0.6) is 0 Å². The average molecular weight is 494 g/mol. The number of aromatic nitrogens is 3. The molecule has 9 heteroatoms. The molecule has 0 atom stereocenters. The molecular formula is C26H31N5O3S. The van der Waals surface area contributed by atoms with Gasteiger partial charge in [0.2, 0.25) is 15.9 Å². The van der Waals surface area contributed by atoms with Crippen molar-refractivity contribution in [2.75, 3.05) is 18.4 Å². The molecule has 184 valence electrons. The van der Waals surface area contributed by atoms with Crippen LogP contribution in [-0.4, -0.2) is 46.5 Å². The number of rotatable bonds is 7. The SMILES string of the molecule is O=C(CCc1ccc(S(=O)(=O)N2CCCC2)cc1)Nc1cccc(-c2nnc3n2CCCCC3)c1. The largest absolute Gasteiger partial charge is 0.326 e. The minimum atomic E-state index is -3.42. The summed E-state index contributed by atoms with van der Waals surface area (Å²) in [4.78, 5) is 12.9. The van der Waals surface area contributed by atoms with Gasteiger partial charge in [-0.3, -0.25) is 4.79 Å². The minimum Gasteiger partial charge on any atom is -0.326 e. The molecule has 0 bridgehead atoms. The van der Waals surface area contributed by atoms with Crippen LogP contribution < -0.4 is 5.32 Å². The molecule has 1 amide bonds. The molecule has 8 nitrogen and oxygen atoms in total. The summed E-state index contributed by atoms with van der Waals surface area (Å²) in [5, 5.41) is 11.8. The third kappa shape index (κ3) is 5.31. The highest BCUT2D eigenvalue weighted by atomic mass is 32.2. The zero-order chi connectivity index (χ0) is 24.3. The standard InChI is InChI=1S/C26H31N5O3S/c32-25(15-12-20-10-13-23(14-11-20)35(33,34)30-16-4-5-17-30)27-22-8-6-7-21(19-22)26-29-28-24-9-2-1-3-18-31(24)26/h6-8,10-11,13-14,19H,1-5,9,12,15-18H2,(H,27,32). The molecule has 0 saturated carbocycles. The average Bonchev–Trinajstić information content (AvgIpc) is 3.50. The first-order valence-corrected chi connectivity index (χ1v) is 13.9. The fourth-order valence-electron chi connectivity index (χ4n) is 4.82. The number of amides is 1. The fourth-order valence-corrected chi connectivity index (χ4v) is 6.34. The molecule has 0 unspecified atom stereocenters. The second kappa shape index (κ2) is 10.3. The first-order valence-electron chi connectivity index (χ1n) is 12.4. The number of anilines is 1. The van der Waals surface area contributed by atoms with E-state index in [-0.39, 0.29) is 5.91 Å². The topological polar surface area (TPSA) is 97.2 Å². The fraction of sp³-hybridized carbons (Fsp3) is 0.423. The molecule has 1 aromatic heterocycles. The van der Waals surface area contributed by atoms with E-state index in [1.807, 2.05) is 24.3 Å². The zero-order valence-electron chi connectivity index (χ0n) is 19.8.